The first-order valence-corrected chi connectivity index (χ1v) is 6.50. The summed E-state index contributed by atoms with van der Waals surface area (Å²) >= 11 is 0. The molecule has 114 valence electrons. The van der Waals surface area contributed by atoms with Crippen LogP contribution in [0.5, 0.6) is 0 Å². The van der Waals surface area contributed by atoms with Crippen molar-refractivity contribution in [1.82, 2.24) is 25.3 Å². The van der Waals surface area contributed by atoms with Crippen molar-refractivity contribution in [2.45, 2.75) is 19.0 Å². The number of aryl methyl sites for hydroxylation is 1. The molecule has 0 bridgehead atoms. The molecule has 1 aromatic heterocycles. The van der Waals surface area contributed by atoms with Crippen LogP contribution in [-0.2, 0) is 23.2 Å². The van der Waals surface area contributed by atoms with E-state index in [9.17, 15) is 14.4 Å². The predicted octanol–water partition coefficient (Wildman–Crippen LogP) is -1.10. The Hall–Kier alpha value is -2.58. The number of hydrogen-bond acceptors (Lipinski definition) is 4. The van der Waals surface area contributed by atoms with Gasteiger partial charge < -0.3 is 20.6 Å². The molecule has 3 N–H and O–H groups in total. The fraction of sp³-hybridized carbons (Fsp3) is 0.500. The molecule has 2 heterocycles. The molecule has 0 aromatic carbocycles. The Kier molecular flexibility index (Phi) is 4.41. The van der Waals surface area contributed by atoms with Gasteiger partial charge in [0.2, 0.25) is 5.91 Å². The standard InChI is InChI=1S/C12H17N5O4/c1-16-4-2-8(15-16)7-14-12(21)17-5-3-13-11(20)9(17)6-10(18)19/h2,4,9H,3,5-7H2,1H3,(H,13,20)(H,14,21)(H,18,19). The number of aromatic nitrogens is 2. The SMILES string of the molecule is Cn1ccc(CNC(=O)N2CCNC(=O)C2CC(=O)O)n1. The molecule has 1 unspecified atom stereocenters. The first-order valence-electron chi connectivity index (χ1n) is 6.50. The normalized spacial score (nSPS) is 18.2. The van der Waals surface area contributed by atoms with E-state index in [2.05, 4.69) is 15.7 Å². The third kappa shape index (κ3) is 3.71. The van der Waals surface area contributed by atoms with Gasteiger partial charge in [0.25, 0.3) is 0 Å². The van der Waals surface area contributed by atoms with Crippen LogP contribution in [-0.4, -0.2) is 56.8 Å². The summed E-state index contributed by atoms with van der Waals surface area (Å²) in [5, 5.41) is 18.2. The fourth-order valence-corrected chi connectivity index (χ4v) is 2.15. The van der Waals surface area contributed by atoms with E-state index >= 15 is 0 Å². The van der Waals surface area contributed by atoms with Crippen LogP contribution < -0.4 is 10.6 Å². The average molecular weight is 295 g/mol. The quantitative estimate of drug-likeness (QED) is 0.652. The minimum absolute atomic E-state index is 0.220. The molecule has 1 aliphatic rings. The Bertz CT molecular complexity index is 556. The molecule has 1 aliphatic heterocycles. The minimum atomic E-state index is -1.13. The zero-order chi connectivity index (χ0) is 15.4. The Labute approximate surface area is 120 Å². The zero-order valence-corrected chi connectivity index (χ0v) is 11.6. The monoisotopic (exact) mass is 295 g/mol. The van der Waals surface area contributed by atoms with Crippen molar-refractivity contribution in [3.05, 3.63) is 18.0 Å². The molecule has 0 radical (unpaired) electrons. The summed E-state index contributed by atoms with van der Waals surface area (Å²) in [5.41, 5.74) is 0.682. The van der Waals surface area contributed by atoms with Crippen molar-refractivity contribution in [1.29, 1.82) is 0 Å². The van der Waals surface area contributed by atoms with Gasteiger partial charge in [-0.2, -0.15) is 5.10 Å². The third-order valence-electron chi connectivity index (χ3n) is 3.15. The van der Waals surface area contributed by atoms with Crippen molar-refractivity contribution < 1.29 is 19.5 Å². The van der Waals surface area contributed by atoms with Crippen LogP contribution in [0.15, 0.2) is 12.3 Å². The maximum atomic E-state index is 12.1. The largest absolute Gasteiger partial charge is 0.481 e. The molecule has 0 saturated carbocycles. The molecule has 0 spiro atoms. The van der Waals surface area contributed by atoms with Crippen molar-refractivity contribution in [3.8, 4) is 0 Å². The number of piperazine rings is 1. The van der Waals surface area contributed by atoms with E-state index in [0.29, 0.717) is 12.2 Å². The topological polar surface area (TPSA) is 117 Å². The van der Waals surface area contributed by atoms with Gasteiger partial charge in [-0.1, -0.05) is 0 Å². The second-order valence-corrected chi connectivity index (χ2v) is 4.74. The minimum Gasteiger partial charge on any atom is -0.481 e. The van der Waals surface area contributed by atoms with Gasteiger partial charge in [0.15, 0.2) is 0 Å². The Morgan fingerprint density at radius 1 is 1.57 bits per heavy atom. The second-order valence-electron chi connectivity index (χ2n) is 4.74. The van der Waals surface area contributed by atoms with E-state index in [-0.39, 0.29) is 13.1 Å². The summed E-state index contributed by atoms with van der Waals surface area (Å²) in [5.74, 6) is -1.57. The van der Waals surface area contributed by atoms with Crippen LogP contribution in [0.4, 0.5) is 4.79 Å². The molecule has 3 amide bonds. The number of carbonyl (C=O) groups excluding carboxylic acids is 2. The summed E-state index contributed by atoms with van der Waals surface area (Å²) in [4.78, 5) is 35.9. The van der Waals surface area contributed by atoms with Crippen LogP contribution in [0, 0.1) is 0 Å². The van der Waals surface area contributed by atoms with Crippen molar-refractivity contribution in [2.24, 2.45) is 7.05 Å². The number of carboxylic acids is 1. The van der Waals surface area contributed by atoms with E-state index < -0.39 is 30.4 Å². The maximum Gasteiger partial charge on any atom is 0.318 e. The number of hydrogen-bond donors (Lipinski definition) is 3. The highest BCUT2D eigenvalue weighted by Crippen LogP contribution is 2.09. The lowest BCUT2D eigenvalue weighted by Gasteiger charge is -2.34. The van der Waals surface area contributed by atoms with Crippen molar-refractivity contribution >= 4 is 17.9 Å². The van der Waals surface area contributed by atoms with Gasteiger partial charge in [-0.3, -0.25) is 14.3 Å². The summed E-state index contributed by atoms with van der Waals surface area (Å²) < 4.78 is 1.61. The van der Waals surface area contributed by atoms with Gasteiger partial charge in [0.05, 0.1) is 18.7 Å². The molecule has 1 aromatic rings. The smallest absolute Gasteiger partial charge is 0.318 e. The van der Waals surface area contributed by atoms with E-state index in [4.69, 9.17) is 5.11 Å². The highest BCUT2D eigenvalue weighted by atomic mass is 16.4. The van der Waals surface area contributed by atoms with Crippen LogP contribution in [0.25, 0.3) is 0 Å². The lowest BCUT2D eigenvalue weighted by atomic mass is 10.1. The number of urea groups is 1. The summed E-state index contributed by atoms with van der Waals surface area (Å²) in [6, 6.07) is 0.305. The van der Waals surface area contributed by atoms with Gasteiger partial charge in [0.1, 0.15) is 6.04 Å². The van der Waals surface area contributed by atoms with Crippen molar-refractivity contribution in [2.75, 3.05) is 13.1 Å². The van der Waals surface area contributed by atoms with Gasteiger partial charge in [-0.25, -0.2) is 4.79 Å². The molecule has 2 rings (SSSR count). The summed E-state index contributed by atoms with van der Waals surface area (Å²) in [6.45, 7) is 0.807. The number of aliphatic carboxylic acids is 1. The molecule has 1 saturated heterocycles. The number of nitrogens with one attached hydrogen (secondary N) is 2. The van der Waals surface area contributed by atoms with E-state index in [1.807, 2.05) is 0 Å². The molecule has 1 fully saturated rings. The molecule has 1 atom stereocenters. The van der Waals surface area contributed by atoms with Crippen molar-refractivity contribution in [3.63, 3.8) is 0 Å². The molecule has 0 aliphatic carbocycles. The van der Waals surface area contributed by atoms with Crippen LogP contribution in [0.3, 0.4) is 0 Å². The van der Waals surface area contributed by atoms with E-state index in [1.54, 1.807) is 24.0 Å². The zero-order valence-electron chi connectivity index (χ0n) is 11.6. The van der Waals surface area contributed by atoms with Gasteiger partial charge in [-0.05, 0) is 6.07 Å². The Morgan fingerprint density at radius 3 is 2.95 bits per heavy atom. The fourth-order valence-electron chi connectivity index (χ4n) is 2.15. The average Bonchev–Trinajstić information content (AvgIpc) is 2.84. The number of carboxylic acid groups (broad SMARTS) is 1. The first-order chi connectivity index (χ1) is 9.97. The lowest BCUT2D eigenvalue weighted by Crippen LogP contribution is -2.59. The maximum absolute atomic E-state index is 12.1. The van der Waals surface area contributed by atoms with Crippen LogP contribution in [0.2, 0.25) is 0 Å². The van der Waals surface area contributed by atoms with Crippen LogP contribution in [0.1, 0.15) is 12.1 Å². The highest BCUT2D eigenvalue weighted by molar-refractivity contribution is 5.91. The summed E-state index contributed by atoms with van der Waals surface area (Å²) in [7, 11) is 1.77. The Morgan fingerprint density at radius 2 is 2.33 bits per heavy atom. The molecule has 9 heteroatoms. The number of carbonyl (C=O) groups is 3. The molecule has 9 nitrogen and oxygen atoms in total. The van der Waals surface area contributed by atoms with Gasteiger partial charge in [0, 0.05) is 26.3 Å². The number of rotatable bonds is 4. The highest BCUT2D eigenvalue weighted by Gasteiger charge is 2.34. The summed E-state index contributed by atoms with van der Waals surface area (Å²) in [6.07, 6.45) is 1.34. The number of nitrogens with zero attached hydrogens (tertiary/aromatic N) is 3. The van der Waals surface area contributed by atoms with Crippen LogP contribution >= 0.6 is 0 Å². The molecule has 21 heavy (non-hydrogen) atoms. The van der Waals surface area contributed by atoms with E-state index in [0.717, 1.165) is 0 Å². The Balaban J connectivity index is 1.98. The van der Waals surface area contributed by atoms with Gasteiger partial charge in [-0.15, -0.1) is 0 Å². The predicted molar refractivity (Wildman–Crippen MR) is 71.2 cm³/mol. The molecular weight excluding hydrogens is 278 g/mol. The van der Waals surface area contributed by atoms with E-state index in [1.165, 1.54) is 4.90 Å². The lowest BCUT2D eigenvalue weighted by molar-refractivity contribution is -0.142. The first kappa shape index (κ1) is 14.8. The molecular formula is C12H17N5O4. The third-order valence-corrected chi connectivity index (χ3v) is 3.15. The number of amides is 3. The second kappa shape index (κ2) is 6.25. The van der Waals surface area contributed by atoms with Gasteiger partial charge >= 0.3 is 12.0 Å².